The number of carbonyl (C=O) groups is 3. The molecule has 6 fully saturated rings. The van der Waals surface area contributed by atoms with Crippen molar-refractivity contribution >= 4 is 17.5 Å². The summed E-state index contributed by atoms with van der Waals surface area (Å²) in [5.74, 6) is -2.05. The van der Waals surface area contributed by atoms with Gasteiger partial charge in [-0.25, -0.2) is 0 Å². The SMILES string of the molecule is C=C1[C@@H](OC(C)=O)[C@@]23C[C@]1(O)CC[C@H]2[C@]12CO[C@H](CC1=O)C(C)(C)[C@H]2[C@H](O)C3=O. The van der Waals surface area contributed by atoms with Gasteiger partial charge in [0.1, 0.15) is 18.0 Å². The van der Waals surface area contributed by atoms with Crippen LogP contribution >= 0.6 is 0 Å². The number of fused-ring (bicyclic) bond motifs is 3. The Morgan fingerprint density at radius 2 is 1.97 bits per heavy atom. The van der Waals surface area contributed by atoms with E-state index >= 15 is 0 Å². The molecule has 0 radical (unpaired) electrons. The van der Waals surface area contributed by atoms with Crippen molar-refractivity contribution in [3.63, 3.8) is 0 Å². The number of hydrogen-bond donors (Lipinski definition) is 2. The molecule has 2 aliphatic heterocycles. The van der Waals surface area contributed by atoms with Crippen LogP contribution in [0, 0.1) is 28.1 Å². The molecule has 0 aromatic heterocycles. The lowest BCUT2D eigenvalue weighted by molar-refractivity contribution is -0.277. The lowest BCUT2D eigenvalue weighted by atomic mass is 9.37. The quantitative estimate of drug-likeness (QED) is 0.495. The van der Waals surface area contributed by atoms with Crippen LogP contribution in [0.3, 0.4) is 0 Å². The molecule has 7 nitrogen and oxygen atoms in total. The lowest BCUT2D eigenvalue weighted by Crippen LogP contribution is -2.77. The van der Waals surface area contributed by atoms with Gasteiger partial charge >= 0.3 is 5.97 Å². The van der Waals surface area contributed by atoms with Gasteiger partial charge in [0, 0.05) is 19.3 Å². The van der Waals surface area contributed by atoms with Crippen LogP contribution in [0.1, 0.15) is 46.5 Å². The van der Waals surface area contributed by atoms with Crippen molar-refractivity contribution in [2.24, 2.45) is 28.1 Å². The van der Waals surface area contributed by atoms with Crippen molar-refractivity contribution in [1.82, 2.24) is 0 Å². The zero-order valence-electron chi connectivity index (χ0n) is 17.1. The van der Waals surface area contributed by atoms with Crippen molar-refractivity contribution < 1.29 is 34.1 Å². The largest absolute Gasteiger partial charge is 0.457 e. The molecule has 8 atom stereocenters. The van der Waals surface area contributed by atoms with Gasteiger partial charge in [-0.1, -0.05) is 20.4 Å². The third-order valence-electron chi connectivity index (χ3n) is 8.98. The Morgan fingerprint density at radius 1 is 1.28 bits per heavy atom. The minimum atomic E-state index is -1.39. The standard InChI is InChI=1S/C22H28O7/c1-10-18(29-11(2)23)21-8-20(10,27)6-5-12(21)22-9-28-14(7-13(22)24)19(3,4)16(22)15(25)17(21)26/h12,14-16,18,25,27H,1,5-9H2,2-4H3/t12-,14-,15+,16-,18-,20-,21+,22-/m1/s1. The van der Waals surface area contributed by atoms with Gasteiger partial charge in [0.05, 0.1) is 29.1 Å². The normalized spacial score (nSPS) is 52.2. The van der Waals surface area contributed by atoms with Crippen LogP contribution in [0.25, 0.3) is 0 Å². The summed E-state index contributed by atoms with van der Waals surface area (Å²) in [5.41, 5.74) is -3.99. The summed E-state index contributed by atoms with van der Waals surface area (Å²) in [4.78, 5) is 39.2. The van der Waals surface area contributed by atoms with Crippen LogP contribution in [0.4, 0.5) is 0 Å². The van der Waals surface area contributed by atoms with Gasteiger partial charge in [-0.05, 0) is 36.2 Å². The minimum Gasteiger partial charge on any atom is -0.457 e. The van der Waals surface area contributed by atoms with Crippen molar-refractivity contribution in [2.75, 3.05) is 6.61 Å². The second-order valence-corrected chi connectivity index (χ2v) is 10.4. The zero-order chi connectivity index (χ0) is 21.1. The maximum Gasteiger partial charge on any atom is 0.303 e. The predicted molar refractivity (Wildman–Crippen MR) is 99.5 cm³/mol. The van der Waals surface area contributed by atoms with Crippen LogP contribution in [0.2, 0.25) is 0 Å². The van der Waals surface area contributed by atoms with Gasteiger partial charge in [-0.2, -0.15) is 0 Å². The molecular weight excluding hydrogens is 376 g/mol. The Labute approximate surface area is 169 Å². The second-order valence-electron chi connectivity index (χ2n) is 10.4. The van der Waals surface area contributed by atoms with Crippen LogP contribution < -0.4 is 0 Å². The molecular formula is C22H28O7. The van der Waals surface area contributed by atoms with Crippen LogP contribution in [-0.4, -0.2) is 58.3 Å². The number of Topliss-reactive ketones (excluding diaryl/α,β-unsaturated/α-hetero) is 2. The molecule has 29 heavy (non-hydrogen) atoms. The first-order valence-electron chi connectivity index (χ1n) is 10.4. The molecule has 0 amide bonds. The number of aliphatic hydroxyl groups excluding tert-OH is 1. The highest BCUT2D eigenvalue weighted by atomic mass is 16.5. The van der Waals surface area contributed by atoms with Gasteiger partial charge in [0.25, 0.3) is 0 Å². The Balaban J connectivity index is 1.75. The summed E-state index contributed by atoms with van der Waals surface area (Å²) in [7, 11) is 0. The molecule has 6 aliphatic rings. The first kappa shape index (κ1) is 19.4. The fourth-order valence-corrected chi connectivity index (χ4v) is 7.86. The smallest absolute Gasteiger partial charge is 0.303 e. The van der Waals surface area contributed by atoms with E-state index in [4.69, 9.17) is 9.47 Å². The molecule has 0 aromatic carbocycles. The third-order valence-corrected chi connectivity index (χ3v) is 8.98. The summed E-state index contributed by atoms with van der Waals surface area (Å²) in [6, 6.07) is 0. The average molecular weight is 404 g/mol. The maximum atomic E-state index is 13.8. The first-order chi connectivity index (χ1) is 13.4. The molecule has 4 bridgehead atoms. The number of ketones is 2. The van der Waals surface area contributed by atoms with Gasteiger partial charge in [-0.15, -0.1) is 0 Å². The molecule has 7 heteroatoms. The summed E-state index contributed by atoms with van der Waals surface area (Å²) in [6.45, 7) is 9.29. The highest BCUT2D eigenvalue weighted by Gasteiger charge is 2.81. The number of aliphatic hydroxyl groups is 2. The van der Waals surface area contributed by atoms with E-state index in [9.17, 15) is 24.6 Å². The van der Waals surface area contributed by atoms with Crippen LogP contribution in [-0.2, 0) is 23.9 Å². The molecule has 2 spiro atoms. The van der Waals surface area contributed by atoms with Crippen molar-refractivity contribution in [3.05, 3.63) is 12.2 Å². The van der Waals surface area contributed by atoms with E-state index in [1.54, 1.807) is 0 Å². The molecule has 158 valence electrons. The van der Waals surface area contributed by atoms with E-state index in [0.29, 0.717) is 18.4 Å². The van der Waals surface area contributed by atoms with Gasteiger partial charge < -0.3 is 19.7 Å². The van der Waals surface area contributed by atoms with E-state index in [2.05, 4.69) is 6.58 Å². The summed E-state index contributed by atoms with van der Waals surface area (Å²) in [6.07, 6.45) is -1.75. The molecule has 6 rings (SSSR count). The predicted octanol–water partition coefficient (Wildman–Crippen LogP) is 0.949. The minimum absolute atomic E-state index is 0.0125. The first-order valence-corrected chi connectivity index (χ1v) is 10.4. The summed E-state index contributed by atoms with van der Waals surface area (Å²) < 4.78 is 11.7. The Bertz CT molecular complexity index is 861. The number of esters is 1. The molecule has 4 saturated carbocycles. The number of ether oxygens (including phenoxy) is 2. The van der Waals surface area contributed by atoms with Gasteiger partial charge in [0.15, 0.2) is 5.78 Å². The van der Waals surface area contributed by atoms with E-state index in [0.717, 1.165) is 0 Å². The molecule has 2 saturated heterocycles. The maximum absolute atomic E-state index is 13.8. The summed E-state index contributed by atoms with van der Waals surface area (Å²) in [5, 5.41) is 22.5. The number of carbonyl (C=O) groups excluding carboxylic acids is 3. The summed E-state index contributed by atoms with van der Waals surface area (Å²) >= 11 is 0. The van der Waals surface area contributed by atoms with Crippen LogP contribution in [0.15, 0.2) is 12.2 Å². The topological polar surface area (TPSA) is 110 Å². The third kappa shape index (κ3) is 1.93. The Morgan fingerprint density at radius 3 is 2.59 bits per heavy atom. The van der Waals surface area contributed by atoms with E-state index < -0.39 is 57.6 Å². The highest BCUT2D eigenvalue weighted by Crippen LogP contribution is 2.73. The average Bonchev–Trinajstić information content (AvgIpc) is 2.79. The van der Waals surface area contributed by atoms with Gasteiger partial charge in [0.2, 0.25) is 0 Å². The second kappa shape index (κ2) is 5.37. The fourth-order valence-electron chi connectivity index (χ4n) is 7.86. The molecule has 2 heterocycles. The molecule has 0 aromatic rings. The Kier molecular flexibility index (Phi) is 3.59. The van der Waals surface area contributed by atoms with Crippen molar-refractivity contribution in [1.29, 1.82) is 0 Å². The fraction of sp³-hybridized carbons (Fsp3) is 0.773. The van der Waals surface area contributed by atoms with E-state index in [1.165, 1.54) is 6.92 Å². The van der Waals surface area contributed by atoms with E-state index in [-0.39, 0.29) is 31.3 Å². The number of rotatable bonds is 1. The Hall–Kier alpha value is -1.57. The molecule has 4 aliphatic carbocycles. The van der Waals surface area contributed by atoms with E-state index in [1.807, 2.05) is 13.8 Å². The van der Waals surface area contributed by atoms with Gasteiger partial charge in [-0.3, -0.25) is 14.4 Å². The highest BCUT2D eigenvalue weighted by molar-refractivity contribution is 5.99. The monoisotopic (exact) mass is 404 g/mol. The van der Waals surface area contributed by atoms with Crippen LogP contribution in [0.5, 0.6) is 0 Å². The molecule has 0 unspecified atom stereocenters. The lowest BCUT2D eigenvalue weighted by Gasteiger charge is -2.68. The molecule has 2 N–H and O–H groups in total. The number of hydrogen-bond acceptors (Lipinski definition) is 7. The zero-order valence-corrected chi connectivity index (χ0v) is 17.1. The van der Waals surface area contributed by atoms with Crippen molar-refractivity contribution in [3.8, 4) is 0 Å². The van der Waals surface area contributed by atoms with Crippen molar-refractivity contribution in [2.45, 2.75) is 70.4 Å².